The van der Waals surface area contributed by atoms with Gasteiger partial charge in [0.2, 0.25) is 0 Å². The maximum absolute atomic E-state index is 4.85. The molecule has 142 valence electrons. The molecule has 0 N–H and O–H groups in total. The van der Waals surface area contributed by atoms with Crippen LogP contribution >= 0.6 is 0 Å². The third-order valence-corrected chi connectivity index (χ3v) is 6.10. The molecule has 0 aromatic carbocycles. The summed E-state index contributed by atoms with van der Waals surface area (Å²) in [7, 11) is 6.38. The lowest BCUT2D eigenvalue weighted by Crippen LogP contribution is -2.36. The Morgan fingerprint density at radius 2 is 1.96 bits per heavy atom. The highest BCUT2D eigenvalue weighted by atomic mass is 15.5. The summed E-state index contributed by atoms with van der Waals surface area (Å²) in [4.78, 5) is 4.87. The molecule has 1 saturated carbocycles. The van der Waals surface area contributed by atoms with Gasteiger partial charge in [0.1, 0.15) is 0 Å². The van der Waals surface area contributed by atoms with Crippen molar-refractivity contribution in [3.05, 3.63) is 29.8 Å². The summed E-state index contributed by atoms with van der Waals surface area (Å²) in [6, 6.07) is 0.800. The summed E-state index contributed by atoms with van der Waals surface area (Å²) in [6.07, 6.45) is 12.7. The molecule has 1 saturated heterocycles. The average molecular weight is 358 g/mol. The van der Waals surface area contributed by atoms with E-state index in [1.165, 1.54) is 43.4 Å². The third kappa shape index (κ3) is 3.55. The summed E-state index contributed by atoms with van der Waals surface area (Å²) in [5.41, 5.74) is 2.76. The number of aromatic nitrogens is 5. The first-order chi connectivity index (χ1) is 12.6. The van der Waals surface area contributed by atoms with Gasteiger partial charge in [-0.05, 0) is 26.9 Å². The van der Waals surface area contributed by atoms with Gasteiger partial charge < -0.3 is 4.90 Å². The van der Waals surface area contributed by atoms with Gasteiger partial charge in [0.15, 0.2) is 0 Å². The monoisotopic (exact) mass is 357 g/mol. The van der Waals surface area contributed by atoms with Gasteiger partial charge >= 0.3 is 0 Å². The van der Waals surface area contributed by atoms with Crippen molar-refractivity contribution < 1.29 is 0 Å². The van der Waals surface area contributed by atoms with Crippen LogP contribution in [-0.4, -0.2) is 67.8 Å². The molecule has 0 radical (unpaired) electrons. The van der Waals surface area contributed by atoms with Crippen molar-refractivity contribution in [3.63, 3.8) is 0 Å². The molecule has 1 aliphatic heterocycles. The molecular formula is C19H31N7. The molecule has 2 fully saturated rings. The van der Waals surface area contributed by atoms with Crippen LogP contribution in [0.15, 0.2) is 18.6 Å². The Morgan fingerprint density at radius 3 is 2.65 bits per heavy atom. The largest absolute Gasteiger partial charge is 0.303 e. The van der Waals surface area contributed by atoms with Crippen LogP contribution in [0, 0.1) is 0 Å². The van der Waals surface area contributed by atoms with Crippen LogP contribution in [0.2, 0.25) is 0 Å². The van der Waals surface area contributed by atoms with Crippen LogP contribution in [0.1, 0.15) is 55.3 Å². The van der Waals surface area contributed by atoms with E-state index in [2.05, 4.69) is 47.5 Å². The number of hydrogen-bond acceptors (Lipinski definition) is 5. The van der Waals surface area contributed by atoms with Crippen LogP contribution in [0.3, 0.4) is 0 Å². The Hall–Kier alpha value is -1.73. The molecule has 2 aromatic heterocycles. The Kier molecular flexibility index (Phi) is 5.09. The summed E-state index contributed by atoms with van der Waals surface area (Å²) in [5, 5.41) is 13.1. The van der Waals surface area contributed by atoms with Crippen LogP contribution in [0.25, 0.3) is 0 Å². The third-order valence-electron chi connectivity index (χ3n) is 6.10. The van der Waals surface area contributed by atoms with E-state index in [1.807, 2.05) is 15.6 Å². The Bertz CT molecular complexity index is 700. The molecular weight excluding hydrogens is 326 g/mol. The number of rotatable bonds is 5. The van der Waals surface area contributed by atoms with Crippen LogP contribution in [0.4, 0.5) is 0 Å². The lowest BCUT2D eigenvalue weighted by molar-refractivity contribution is 0.237. The zero-order chi connectivity index (χ0) is 18.1. The van der Waals surface area contributed by atoms with Crippen LogP contribution in [0.5, 0.6) is 0 Å². The second-order valence-electron chi connectivity index (χ2n) is 8.22. The molecule has 2 atom stereocenters. The molecule has 7 nitrogen and oxygen atoms in total. The highest BCUT2D eigenvalue weighted by Gasteiger charge is 2.36. The van der Waals surface area contributed by atoms with Gasteiger partial charge in [0.05, 0.1) is 17.9 Å². The molecule has 0 bridgehead atoms. The van der Waals surface area contributed by atoms with Gasteiger partial charge in [0.25, 0.3) is 0 Å². The quantitative estimate of drug-likeness (QED) is 0.820. The maximum Gasteiger partial charge on any atom is 0.0831 e. The number of hydrogen-bond donors (Lipinski definition) is 0. The van der Waals surface area contributed by atoms with E-state index in [1.54, 1.807) is 6.20 Å². The zero-order valence-electron chi connectivity index (χ0n) is 16.3. The Balaban J connectivity index is 1.51. The van der Waals surface area contributed by atoms with Crippen LogP contribution < -0.4 is 0 Å². The van der Waals surface area contributed by atoms with Gasteiger partial charge in [0, 0.05) is 56.6 Å². The van der Waals surface area contributed by atoms with E-state index in [0.29, 0.717) is 18.0 Å². The normalized spacial score (nSPS) is 25.4. The standard InChI is InChI=1S/C19H31N7/c1-23(2)17-13-25(14-18(17)26-10-9-20-22-26)12-16-11-24(3)21-19(16)15-7-5-4-6-8-15/h9-11,15,17-18H,4-8,12-14H2,1-3H3/t17-,18+/m1/s1. The van der Waals surface area contributed by atoms with E-state index in [0.717, 1.165) is 19.6 Å². The molecule has 0 spiro atoms. The molecule has 2 aromatic rings. The predicted octanol–water partition coefficient (Wildman–Crippen LogP) is 2.05. The number of likely N-dealkylation sites (N-methyl/N-ethyl adjacent to an activating group) is 1. The fraction of sp³-hybridized carbons (Fsp3) is 0.737. The van der Waals surface area contributed by atoms with E-state index < -0.39 is 0 Å². The molecule has 4 rings (SSSR count). The Labute approximate surface area is 156 Å². The Morgan fingerprint density at radius 1 is 1.15 bits per heavy atom. The van der Waals surface area contributed by atoms with Crippen molar-refractivity contribution in [1.29, 1.82) is 0 Å². The number of aryl methyl sites for hydroxylation is 1. The lowest BCUT2D eigenvalue weighted by atomic mass is 9.85. The SMILES string of the molecule is CN(C)[C@@H]1CN(Cc2cn(C)nc2C2CCCCC2)C[C@@H]1n1ccnn1. The molecule has 26 heavy (non-hydrogen) atoms. The molecule has 7 heteroatoms. The van der Waals surface area contributed by atoms with Gasteiger partial charge in [-0.1, -0.05) is 24.5 Å². The minimum Gasteiger partial charge on any atom is -0.303 e. The van der Waals surface area contributed by atoms with E-state index >= 15 is 0 Å². The summed E-state index contributed by atoms with van der Waals surface area (Å²) >= 11 is 0. The molecule has 3 heterocycles. The molecule has 2 aliphatic rings. The molecule has 0 unspecified atom stereocenters. The zero-order valence-corrected chi connectivity index (χ0v) is 16.3. The average Bonchev–Trinajstić information content (AvgIpc) is 3.35. The molecule has 1 aliphatic carbocycles. The minimum absolute atomic E-state index is 0.349. The summed E-state index contributed by atoms with van der Waals surface area (Å²) < 4.78 is 4.03. The van der Waals surface area contributed by atoms with Crippen molar-refractivity contribution in [2.75, 3.05) is 27.2 Å². The van der Waals surface area contributed by atoms with Gasteiger partial charge in [-0.3, -0.25) is 9.58 Å². The van der Waals surface area contributed by atoms with Crippen molar-refractivity contribution in [3.8, 4) is 0 Å². The van der Waals surface area contributed by atoms with Gasteiger partial charge in [-0.15, -0.1) is 5.10 Å². The second kappa shape index (κ2) is 7.48. The predicted molar refractivity (Wildman–Crippen MR) is 101 cm³/mol. The van der Waals surface area contributed by atoms with Crippen LogP contribution in [-0.2, 0) is 13.6 Å². The van der Waals surface area contributed by atoms with Gasteiger partial charge in [-0.25, -0.2) is 4.68 Å². The highest BCUT2D eigenvalue weighted by molar-refractivity contribution is 5.22. The number of likely N-dealkylation sites (tertiary alicyclic amines) is 1. The first-order valence-corrected chi connectivity index (χ1v) is 9.89. The summed E-state index contributed by atoms with van der Waals surface area (Å²) in [6.45, 7) is 3.04. The van der Waals surface area contributed by atoms with Crippen molar-refractivity contribution in [2.24, 2.45) is 7.05 Å². The highest BCUT2D eigenvalue weighted by Crippen LogP contribution is 2.34. The van der Waals surface area contributed by atoms with E-state index in [9.17, 15) is 0 Å². The second-order valence-corrected chi connectivity index (χ2v) is 8.22. The molecule has 0 amide bonds. The topological polar surface area (TPSA) is 55.0 Å². The lowest BCUT2D eigenvalue weighted by Gasteiger charge is -2.24. The van der Waals surface area contributed by atoms with E-state index in [-0.39, 0.29) is 0 Å². The number of nitrogens with zero attached hydrogens (tertiary/aromatic N) is 7. The fourth-order valence-electron chi connectivity index (χ4n) is 4.78. The van der Waals surface area contributed by atoms with Crippen molar-refractivity contribution >= 4 is 0 Å². The van der Waals surface area contributed by atoms with E-state index in [4.69, 9.17) is 5.10 Å². The summed E-state index contributed by atoms with van der Waals surface area (Å²) in [5.74, 6) is 0.651. The van der Waals surface area contributed by atoms with Crippen molar-refractivity contribution in [1.82, 2.24) is 34.6 Å². The maximum atomic E-state index is 4.85. The smallest absolute Gasteiger partial charge is 0.0831 e. The minimum atomic E-state index is 0.349. The fourth-order valence-corrected chi connectivity index (χ4v) is 4.78. The first-order valence-electron chi connectivity index (χ1n) is 9.89. The van der Waals surface area contributed by atoms with Gasteiger partial charge in [-0.2, -0.15) is 5.10 Å². The first kappa shape index (κ1) is 17.7. The van der Waals surface area contributed by atoms with Crippen molar-refractivity contribution in [2.45, 2.75) is 56.7 Å².